The Hall–Kier alpha value is -2.35. The Labute approximate surface area is 126 Å². The number of halogens is 3. The smallest absolute Gasteiger partial charge is 0.507 e. The van der Waals surface area contributed by atoms with Crippen molar-refractivity contribution in [2.75, 3.05) is 0 Å². The number of nitrogens with zero attached hydrogens (tertiary/aromatic N) is 2. The van der Waals surface area contributed by atoms with E-state index in [4.69, 9.17) is 0 Å². The second-order valence-corrected chi connectivity index (χ2v) is 5.38. The van der Waals surface area contributed by atoms with Crippen molar-refractivity contribution < 1.29 is 23.0 Å². The lowest BCUT2D eigenvalue weighted by molar-refractivity contribution is -0.274. The lowest BCUT2D eigenvalue weighted by Gasteiger charge is -2.12. The number of aryl methyl sites for hydroxylation is 1. The number of aromatic nitrogens is 2. The first-order valence-corrected chi connectivity index (χ1v) is 7.02. The maximum atomic E-state index is 12.3. The molecule has 4 nitrogen and oxygen atoms in total. The van der Waals surface area contributed by atoms with Crippen LogP contribution in [0.3, 0.4) is 0 Å². The van der Waals surface area contributed by atoms with Gasteiger partial charge in [0.1, 0.15) is 22.2 Å². The molecule has 0 fully saturated rings. The number of hydrogen-bond donors (Lipinski definition) is 1. The Morgan fingerprint density at radius 3 is 2.68 bits per heavy atom. The number of phenols is 1. The molecule has 0 unspecified atom stereocenters. The third-order valence-electron chi connectivity index (χ3n) is 2.89. The van der Waals surface area contributed by atoms with E-state index in [0.29, 0.717) is 21.7 Å². The van der Waals surface area contributed by atoms with Crippen LogP contribution in [0.15, 0.2) is 29.6 Å². The molecule has 0 atom stereocenters. The number of ether oxygens (including phenoxy) is 1. The summed E-state index contributed by atoms with van der Waals surface area (Å²) >= 11 is 1.39. The Morgan fingerprint density at radius 2 is 1.95 bits per heavy atom. The predicted octanol–water partition coefficient (Wildman–Crippen LogP) is 4.27. The number of aromatic hydroxyl groups is 1. The quantitative estimate of drug-likeness (QED) is 0.764. The number of rotatable bonds is 2. The summed E-state index contributed by atoms with van der Waals surface area (Å²) < 4.78 is 40.9. The first-order valence-electron chi connectivity index (χ1n) is 6.14. The summed E-state index contributed by atoms with van der Waals surface area (Å²) in [6.07, 6.45) is -4.80. The molecule has 0 radical (unpaired) electrons. The molecule has 114 valence electrons. The summed E-state index contributed by atoms with van der Waals surface area (Å²) in [7, 11) is 0. The second-order valence-electron chi connectivity index (χ2n) is 4.49. The monoisotopic (exact) mass is 326 g/mol. The Bertz CT molecular complexity index is 846. The molecule has 22 heavy (non-hydrogen) atoms. The van der Waals surface area contributed by atoms with Gasteiger partial charge in [-0.1, -0.05) is 0 Å². The average Bonchev–Trinajstić information content (AvgIpc) is 2.86. The predicted molar refractivity (Wildman–Crippen MR) is 75.9 cm³/mol. The molecule has 0 saturated carbocycles. The topological polar surface area (TPSA) is 55.2 Å². The number of phenolic OH excluding ortho intramolecular Hbond substituents is 1. The Kier molecular flexibility index (Phi) is 3.40. The van der Waals surface area contributed by atoms with E-state index >= 15 is 0 Å². The van der Waals surface area contributed by atoms with Gasteiger partial charge >= 0.3 is 6.36 Å². The van der Waals surface area contributed by atoms with E-state index in [2.05, 4.69) is 14.7 Å². The molecule has 1 N–H and O–H groups in total. The van der Waals surface area contributed by atoms with Crippen molar-refractivity contribution >= 4 is 21.6 Å². The van der Waals surface area contributed by atoms with Gasteiger partial charge in [-0.25, -0.2) is 9.97 Å². The SMILES string of the molecule is Cc1nc(-c2cc(OC(F)(F)F)ccc2O)c2ccsc2n1. The third-order valence-corrected chi connectivity index (χ3v) is 3.70. The highest BCUT2D eigenvalue weighted by molar-refractivity contribution is 7.16. The zero-order valence-corrected chi connectivity index (χ0v) is 12.0. The van der Waals surface area contributed by atoms with Crippen LogP contribution in [0, 0.1) is 6.92 Å². The maximum Gasteiger partial charge on any atom is 0.573 e. The van der Waals surface area contributed by atoms with Gasteiger partial charge in [0.05, 0.1) is 5.69 Å². The molecule has 0 saturated heterocycles. The average molecular weight is 326 g/mol. The van der Waals surface area contributed by atoms with Crippen molar-refractivity contribution in [3.05, 3.63) is 35.5 Å². The molecule has 3 aromatic rings. The Morgan fingerprint density at radius 1 is 1.18 bits per heavy atom. The van der Waals surface area contributed by atoms with E-state index in [1.165, 1.54) is 11.3 Å². The van der Waals surface area contributed by atoms with Gasteiger partial charge in [-0.05, 0) is 36.6 Å². The first kappa shape index (κ1) is 14.6. The minimum absolute atomic E-state index is 0.163. The molecule has 3 rings (SSSR count). The molecule has 0 spiro atoms. The van der Waals surface area contributed by atoms with E-state index in [9.17, 15) is 18.3 Å². The van der Waals surface area contributed by atoms with Crippen molar-refractivity contribution in [3.8, 4) is 22.8 Å². The lowest BCUT2D eigenvalue weighted by Crippen LogP contribution is -2.17. The highest BCUT2D eigenvalue weighted by atomic mass is 32.1. The molecule has 0 bridgehead atoms. The van der Waals surface area contributed by atoms with Gasteiger partial charge in [0.25, 0.3) is 0 Å². The molecular weight excluding hydrogens is 317 g/mol. The minimum Gasteiger partial charge on any atom is -0.507 e. The van der Waals surface area contributed by atoms with Crippen molar-refractivity contribution in [2.45, 2.75) is 13.3 Å². The number of alkyl halides is 3. The van der Waals surface area contributed by atoms with Crippen LogP contribution in [0.25, 0.3) is 21.5 Å². The largest absolute Gasteiger partial charge is 0.573 e. The van der Waals surface area contributed by atoms with Crippen LogP contribution in [-0.4, -0.2) is 21.4 Å². The van der Waals surface area contributed by atoms with E-state index in [1.807, 2.05) is 0 Å². The zero-order chi connectivity index (χ0) is 15.9. The van der Waals surface area contributed by atoms with Gasteiger partial charge in [-0.2, -0.15) is 0 Å². The van der Waals surface area contributed by atoms with Crippen LogP contribution in [0.2, 0.25) is 0 Å². The van der Waals surface area contributed by atoms with Gasteiger partial charge < -0.3 is 9.84 Å². The summed E-state index contributed by atoms with van der Waals surface area (Å²) in [4.78, 5) is 9.19. The van der Waals surface area contributed by atoms with E-state index in [0.717, 1.165) is 18.2 Å². The van der Waals surface area contributed by atoms with Gasteiger partial charge in [-0.15, -0.1) is 24.5 Å². The molecule has 1 aromatic carbocycles. The normalized spacial score (nSPS) is 11.8. The van der Waals surface area contributed by atoms with Crippen molar-refractivity contribution in [1.29, 1.82) is 0 Å². The molecular formula is C14H9F3N2O2S. The molecule has 2 heterocycles. The summed E-state index contributed by atoms with van der Waals surface area (Å²) in [5.74, 6) is -0.133. The zero-order valence-electron chi connectivity index (χ0n) is 11.2. The van der Waals surface area contributed by atoms with Gasteiger partial charge in [-0.3, -0.25) is 0 Å². The first-order chi connectivity index (χ1) is 10.3. The number of thiophene rings is 1. The summed E-state index contributed by atoms with van der Waals surface area (Å²) in [6.45, 7) is 1.68. The van der Waals surface area contributed by atoms with Crippen LogP contribution in [-0.2, 0) is 0 Å². The molecule has 0 aliphatic carbocycles. The van der Waals surface area contributed by atoms with E-state index in [-0.39, 0.29) is 11.3 Å². The number of hydrogen-bond acceptors (Lipinski definition) is 5. The van der Waals surface area contributed by atoms with Crippen molar-refractivity contribution in [2.24, 2.45) is 0 Å². The summed E-state index contributed by atoms with van der Waals surface area (Å²) in [5.41, 5.74) is 0.532. The minimum atomic E-state index is -4.80. The fourth-order valence-electron chi connectivity index (χ4n) is 2.07. The number of benzene rings is 1. The van der Waals surface area contributed by atoms with Crippen LogP contribution >= 0.6 is 11.3 Å². The van der Waals surface area contributed by atoms with Gasteiger partial charge in [0.15, 0.2) is 0 Å². The van der Waals surface area contributed by atoms with Crippen LogP contribution in [0.4, 0.5) is 13.2 Å². The lowest BCUT2D eigenvalue weighted by atomic mass is 10.1. The second kappa shape index (κ2) is 5.13. The summed E-state index contributed by atoms with van der Waals surface area (Å²) in [6, 6.07) is 5.06. The van der Waals surface area contributed by atoms with Gasteiger partial charge in [0, 0.05) is 10.9 Å². The van der Waals surface area contributed by atoms with Crippen LogP contribution < -0.4 is 4.74 Å². The van der Waals surface area contributed by atoms with E-state index in [1.54, 1.807) is 18.4 Å². The molecule has 8 heteroatoms. The maximum absolute atomic E-state index is 12.3. The highest BCUT2D eigenvalue weighted by Crippen LogP contribution is 2.37. The molecule has 2 aromatic heterocycles. The van der Waals surface area contributed by atoms with Crippen molar-refractivity contribution in [3.63, 3.8) is 0 Å². The van der Waals surface area contributed by atoms with Gasteiger partial charge in [0.2, 0.25) is 0 Å². The van der Waals surface area contributed by atoms with Crippen LogP contribution in [0.5, 0.6) is 11.5 Å². The fraction of sp³-hybridized carbons (Fsp3) is 0.143. The van der Waals surface area contributed by atoms with E-state index < -0.39 is 12.1 Å². The third kappa shape index (κ3) is 2.82. The van der Waals surface area contributed by atoms with Crippen molar-refractivity contribution in [1.82, 2.24) is 9.97 Å². The number of fused-ring (bicyclic) bond motifs is 1. The molecule has 0 aliphatic heterocycles. The molecule has 0 aliphatic rings. The highest BCUT2D eigenvalue weighted by Gasteiger charge is 2.31. The summed E-state index contributed by atoms with van der Waals surface area (Å²) in [5, 5.41) is 12.4. The van der Waals surface area contributed by atoms with Crippen LogP contribution in [0.1, 0.15) is 5.82 Å². The molecule has 0 amide bonds. The Balaban J connectivity index is 2.17. The fourth-order valence-corrected chi connectivity index (χ4v) is 2.88. The standard InChI is InChI=1S/C14H9F3N2O2S/c1-7-18-12(9-4-5-22-13(9)19-7)10-6-8(2-3-11(10)20)21-14(15,16)17/h2-6,20H,1H3.